The highest BCUT2D eigenvalue weighted by Gasteiger charge is 2.28. The van der Waals surface area contributed by atoms with Crippen LogP contribution >= 0.6 is 0 Å². The van der Waals surface area contributed by atoms with E-state index in [1.165, 1.54) is 0 Å². The molecule has 3 rings (SSSR count). The number of phenolic OH excluding ortho intramolecular Hbond substituents is 1. The fourth-order valence-corrected chi connectivity index (χ4v) is 4.44. The molecular formula is C19H29N5O4S. The summed E-state index contributed by atoms with van der Waals surface area (Å²) >= 11 is 0. The van der Waals surface area contributed by atoms with Gasteiger partial charge in [-0.25, -0.2) is 13.1 Å². The number of nitrogens with zero attached hydrogens (tertiary/aromatic N) is 4. The smallest absolute Gasteiger partial charge is 0.209 e. The van der Waals surface area contributed by atoms with Gasteiger partial charge in [0.05, 0.1) is 19.4 Å². The van der Waals surface area contributed by atoms with Crippen molar-refractivity contribution in [3.05, 3.63) is 35.4 Å². The number of methoxy groups -OCH3 is 1. The number of hydrogen-bond donors (Lipinski definition) is 2. The van der Waals surface area contributed by atoms with E-state index in [0.29, 0.717) is 24.7 Å². The van der Waals surface area contributed by atoms with E-state index in [4.69, 9.17) is 4.74 Å². The predicted octanol–water partition coefficient (Wildman–Crippen LogP) is 1.30. The monoisotopic (exact) mass is 423 g/mol. The molecule has 0 bridgehead atoms. The largest absolute Gasteiger partial charge is 0.508 e. The Bertz CT molecular complexity index is 958. The average Bonchev–Trinajstić information content (AvgIpc) is 2.94. The molecule has 160 valence electrons. The Morgan fingerprint density at radius 1 is 1.24 bits per heavy atom. The quantitative estimate of drug-likeness (QED) is 0.691. The molecule has 0 radical (unpaired) electrons. The molecule has 0 fully saturated rings. The number of rotatable bonds is 7. The van der Waals surface area contributed by atoms with Crippen LogP contribution in [0.3, 0.4) is 0 Å². The highest BCUT2D eigenvalue weighted by molar-refractivity contribution is 7.88. The maximum absolute atomic E-state index is 11.8. The minimum Gasteiger partial charge on any atom is -0.508 e. The van der Waals surface area contributed by atoms with Crippen LogP contribution in [0.25, 0.3) is 0 Å². The summed E-state index contributed by atoms with van der Waals surface area (Å²) in [6, 6.07) is 4.72. The van der Waals surface area contributed by atoms with Gasteiger partial charge >= 0.3 is 0 Å². The highest BCUT2D eigenvalue weighted by Crippen LogP contribution is 2.27. The maximum Gasteiger partial charge on any atom is 0.209 e. The Kier molecular flexibility index (Phi) is 6.45. The summed E-state index contributed by atoms with van der Waals surface area (Å²) in [5.41, 5.74) is 1.00. The normalized spacial score (nSPS) is 16.4. The molecule has 10 heteroatoms. The summed E-state index contributed by atoms with van der Waals surface area (Å²) in [5.74, 6) is 2.39. The van der Waals surface area contributed by atoms with Crippen molar-refractivity contribution in [2.24, 2.45) is 5.92 Å². The molecule has 1 aliphatic rings. The van der Waals surface area contributed by atoms with Crippen LogP contribution in [0.15, 0.2) is 18.2 Å². The lowest BCUT2D eigenvalue weighted by atomic mass is 10.1. The van der Waals surface area contributed by atoms with Crippen LogP contribution < -0.4 is 9.46 Å². The minimum absolute atomic E-state index is 0.0404. The molecule has 1 aromatic carbocycles. The van der Waals surface area contributed by atoms with Gasteiger partial charge in [0, 0.05) is 44.2 Å². The number of benzene rings is 1. The summed E-state index contributed by atoms with van der Waals surface area (Å²) in [4.78, 5) is 2.29. The fraction of sp³-hybridized carbons (Fsp3) is 0.579. The first-order chi connectivity index (χ1) is 13.7. The van der Waals surface area contributed by atoms with E-state index >= 15 is 0 Å². The van der Waals surface area contributed by atoms with Crippen molar-refractivity contribution < 1.29 is 18.3 Å². The summed E-state index contributed by atoms with van der Waals surface area (Å²) in [6.07, 6.45) is 1.88. The third kappa shape index (κ3) is 5.26. The van der Waals surface area contributed by atoms with Gasteiger partial charge in [-0.15, -0.1) is 10.2 Å². The van der Waals surface area contributed by atoms with Gasteiger partial charge in [-0.3, -0.25) is 4.90 Å². The van der Waals surface area contributed by atoms with Crippen LogP contribution in [0, 0.1) is 5.92 Å². The molecule has 1 aliphatic heterocycles. The first-order valence-corrected chi connectivity index (χ1v) is 11.5. The Balaban J connectivity index is 1.77. The number of phenols is 1. The molecule has 9 nitrogen and oxygen atoms in total. The first-order valence-electron chi connectivity index (χ1n) is 9.65. The van der Waals surface area contributed by atoms with E-state index in [1.54, 1.807) is 19.2 Å². The first kappa shape index (κ1) is 21.5. The topological polar surface area (TPSA) is 110 Å². The number of ether oxygens (including phenoxy) is 1. The van der Waals surface area contributed by atoms with Crippen molar-refractivity contribution in [1.82, 2.24) is 24.4 Å². The van der Waals surface area contributed by atoms with Crippen molar-refractivity contribution in [2.45, 2.75) is 39.4 Å². The number of sulfonamides is 1. The third-order valence-corrected chi connectivity index (χ3v) is 5.78. The number of aromatic nitrogens is 3. The highest BCUT2D eigenvalue weighted by atomic mass is 32.2. The molecule has 0 amide bonds. The van der Waals surface area contributed by atoms with Gasteiger partial charge < -0.3 is 14.4 Å². The van der Waals surface area contributed by atoms with E-state index in [9.17, 15) is 13.5 Å². The van der Waals surface area contributed by atoms with Gasteiger partial charge in [-0.2, -0.15) is 0 Å². The molecule has 1 unspecified atom stereocenters. The number of fused-ring (bicyclic) bond motifs is 1. The standard InChI is InChI=1S/C19H29N5O4S/c1-13(2)18(22-29(4,26)27)19-21-20-17-7-8-23(9-10-24(17)19)12-14-5-6-15(25)11-16(14)28-3/h5-6,11,13,18,22,25H,7-10,12H2,1-4H3. The van der Waals surface area contributed by atoms with Gasteiger partial charge in [0.2, 0.25) is 10.0 Å². The molecule has 2 aromatic rings. The SMILES string of the molecule is COc1cc(O)ccc1CN1CCc2nnc(C(NS(C)(=O)=O)C(C)C)n2CC1. The Labute approximate surface area is 171 Å². The van der Waals surface area contributed by atoms with Crippen LogP contribution in [-0.2, 0) is 29.5 Å². The second kappa shape index (κ2) is 8.68. The molecule has 0 saturated carbocycles. The molecule has 0 spiro atoms. The van der Waals surface area contributed by atoms with Crippen molar-refractivity contribution in [2.75, 3.05) is 26.5 Å². The number of aromatic hydroxyl groups is 1. The van der Waals surface area contributed by atoms with Crippen LogP contribution in [0.4, 0.5) is 0 Å². The number of nitrogens with one attached hydrogen (secondary N) is 1. The van der Waals surface area contributed by atoms with E-state index in [2.05, 4.69) is 19.8 Å². The molecule has 29 heavy (non-hydrogen) atoms. The minimum atomic E-state index is -3.37. The second-order valence-electron chi connectivity index (χ2n) is 7.76. The van der Waals surface area contributed by atoms with Crippen LogP contribution in [-0.4, -0.2) is 59.6 Å². The summed E-state index contributed by atoms with van der Waals surface area (Å²) < 4.78 is 33.7. The van der Waals surface area contributed by atoms with Gasteiger partial charge in [0.25, 0.3) is 0 Å². The zero-order valence-corrected chi connectivity index (χ0v) is 18.1. The molecule has 2 N–H and O–H groups in total. The Morgan fingerprint density at radius 2 is 2.00 bits per heavy atom. The van der Waals surface area contributed by atoms with Crippen molar-refractivity contribution in [3.63, 3.8) is 0 Å². The summed E-state index contributed by atoms with van der Waals surface area (Å²) in [5, 5.41) is 18.3. The van der Waals surface area contributed by atoms with Gasteiger partial charge in [-0.05, 0) is 12.0 Å². The molecule has 0 aliphatic carbocycles. The second-order valence-corrected chi connectivity index (χ2v) is 9.54. The Morgan fingerprint density at radius 3 is 2.66 bits per heavy atom. The van der Waals surface area contributed by atoms with Gasteiger partial charge in [0.15, 0.2) is 5.82 Å². The molecule has 0 saturated heterocycles. The van der Waals surface area contributed by atoms with Crippen molar-refractivity contribution in [1.29, 1.82) is 0 Å². The van der Waals surface area contributed by atoms with E-state index < -0.39 is 16.1 Å². The zero-order chi connectivity index (χ0) is 21.2. The van der Waals surface area contributed by atoms with Crippen LogP contribution in [0.2, 0.25) is 0 Å². The zero-order valence-electron chi connectivity index (χ0n) is 17.3. The summed E-state index contributed by atoms with van der Waals surface area (Å²) in [6.45, 7) is 6.86. The van der Waals surface area contributed by atoms with Gasteiger partial charge in [0.1, 0.15) is 17.3 Å². The molecule has 1 atom stereocenters. The molecular weight excluding hydrogens is 394 g/mol. The van der Waals surface area contributed by atoms with E-state index in [0.717, 1.165) is 37.2 Å². The van der Waals surface area contributed by atoms with Crippen LogP contribution in [0.5, 0.6) is 11.5 Å². The lowest BCUT2D eigenvalue weighted by Gasteiger charge is -2.23. The van der Waals surface area contributed by atoms with Crippen molar-refractivity contribution in [3.8, 4) is 11.5 Å². The molecule has 1 aromatic heterocycles. The molecule has 2 heterocycles. The number of hydrogen-bond acceptors (Lipinski definition) is 7. The lowest BCUT2D eigenvalue weighted by Crippen LogP contribution is -2.33. The van der Waals surface area contributed by atoms with Gasteiger partial charge in [-0.1, -0.05) is 19.9 Å². The maximum atomic E-state index is 11.8. The Hall–Kier alpha value is -2.17. The lowest BCUT2D eigenvalue weighted by molar-refractivity contribution is 0.264. The predicted molar refractivity (Wildman–Crippen MR) is 109 cm³/mol. The van der Waals surface area contributed by atoms with E-state index in [-0.39, 0.29) is 11.7 Å². The fourth-order valence-electron chi connectivity index (χ4n) is 3.60. The summed E-state index contributed by atoms with van der Waals surface area (Å²) in [7, 11) is -1.78. The average molecular weight is 424 g/mol. The van der Waals surface area contributed by atoms with E-state index in [1.807, 2.05) is 24.5 Å². The third-order valence-electron chi connectivity index (χ3n) is 5.10. The van der Waals surface area contributed by atoms with Crippen molar-refractivity contribution >= 4 is 10.0 Å². The van der Waals surface area contributed by atoms with Crippen LogP contribution in [0.1, 0.15) is 37.1 Å².